The highest BCUT2D eigenvalue weighted by molar-refractivity contribution is 5.71. The number of hydrogen-bond acceptors (Lipinski definition) is 2. The van der Waals surface area contributed by atoms with Gasteiger partial charge in [0.15, 0.2) is 0 Å². The molecule has 0 saturated carbocycles. The molecule has 0 saturated heterocycles. The van der Waals surface area contributed by atoms with Crippen LogP contribution in [0, 0.1) is 0 Å². The summed E-state index contributed by atoms with van der Waals surface area (Å²) in [5.74, 6) is -0.150. The van der Waals surface area contributed by atoms with E-state index in [1.165, 1.54) is 12.7 Å². The number of carbonyl (C=O) groups excluding carboxylic acids is 1. The minimum absolute atomic E-state index is 0.117. The Kier molecular flexibility index (Phi) is 3.89. The second-order valence-electron chi connectivity index (χ2n) is 4.03. The minimum atomic E-state index is -0.150. The molecule has 1 atom stereocenters. The highest BCUT2D eigenvalue weighted by Crippen LogP contribution is 2.31. The zero-order valence-electron chi connectivity index (χ0n) is 9.62. The maximum Gasteiger partial charge on any atom is 0.306 e. The number of rotatable bonds is 4. The third kappa shape index (κ3) is 2.82. The first-order chi connectivity index (χ1) is 7.12. The van der Waals surface area contributed by atoms with Crippen LogP contribution in [0.5, 0.6) is 0 Å². The molecule has 2 nitrogen and oxygen atoms in total. The number of benzene rings is 1. The van der Waals surface area contributed by atoms with Crippen LogP contribution in [-0.2, 0) is 14.9 Å². The van der Waals surface area contributed by atoms with E-state index >= 15 is 0 Å². The summed E-state index contributed by atoms with van der Waals surface area (Å²) in [6, 6.07) is 10.1. The molecular weight excluding hydrogens is 188 g/mol. The van der Waals surface area contributed by atoms with Gasteiger partial charge < -0.3 is 4.74 Å². The van der Waals surface area contributed by atoms with E-state index in [-0.39, 0.29) is 11.4 Å². The molecule has 0 aliphatic carbocycles. The predicted molar refractivity (Wildman–Crippen MR) is 60.7 cm³/mol. The summed E-state index contributed by atoms with van der Waals surface area (Å²) in [5.41, 5.74) is 1.08. The van der Waals surface area contributed by atoms with Crippen molar-refractivity contribution in [2.75, 3.05) is 7.11 Å². The van der Waals surface area contributed by atoms with Gasteiger partial charge in [-0.1, -0.05) is 44.2 Å². The average Bonchev–Trinajstić information content (AvgIpc) is 2.30. The van der Waals surface area contributed by atoms with Crippen LogP contribution < -0.4 is 0 Å². The fourth-order valence-electron chi connectivity index (χ4n) is 1.66. The van der Waals surface area contributed by atoms with Gasteiger partial charge in [0.1, 0.15) is 0 Å². The van der Waals surface area contributed by atoms with Crippen molar-refractivity contribution in [3.05, 3.63) is 35.9 Å². The van der Waals surface area contributed by atoms with Crippen molar-refractivity contribution in [1.29, 1.82) is 0 Å². The van der Waals surface area contributed by atoms with E-state index in [1.807, 2.05) is 18.2 Å². The molecule has 0 heterocycles. The van der Waals surface area contributed by atoms with Crippen LogP contribution in [0.2, 0.25) is 0 Å². The fourth-order valence-corrected chi connectivity index (χ4v) is 1.66. The Morgan fingerprint density at radius 2 is 1.93 bits per heavy atom. The Bertz CT molecular complexity index is 319. The van der Waals surface area contributed by atoms with Crippen LogP contribution in [0.1, 0.15) is 32.3 Å². The Hall–Kier alpha value is -1.31. The van der Waals surface area contributed by atoms with Crippen molar-refractivity contribution in [2.45, 2.75) is 32.1 Å². The highest BCUT2D eigenvalue weighted by atomic mass is 16.5. The van der Waals surface area contributed by atoms with Gasteiger partial charge in [-0.3, -0.25) is 4.79 Å². The molecule has 82 valence electrons. The lowest BCUT2D eigenvalue weighted by Gasteiger charge is -2.27. The number of hydrogen-bond donors (Lipinski definition) is 0. The van der Waals surface area contributed by atoms with Crippen molar-refractivity contribution in [3.8, 4) is 0 Å². The molecule has 0 bridgehead atoms. The van der Waals surface area contributed by atoms with Crippen molar-refractivity contribution >= 4 is 5.97 Å². The normalized spacial score (nSPS) is 14.3. The first-order valence-corrected chi connectivity index (χ1v) is 5.24. The van der Waals surface area contributed by atoms with Gasteiger partial charge in [0, 0.05) is 5.41 Å². The molecule has 0 spiro atoms. The third-order valence-electron chi connectivity index (χ3n) is 3.01. The average molecular weight is 206 g/mol. The number of carbonyl (C=O) groups is 1. The molecule has 15 heavy (non-hydrogen) atoms. The lowest BCUT2D eigenvalue weighted by molar-refractivity contribution is -0.142. The van der Waals surface area contributed by atoms with Crippen molar-refractivity contribution in [2.24, 2.45) is 0 Å². The fraction of sp³-hybridized carbons (Fsp3) is 0.462. The van der Waals surface area contributed by atoms with E-state index in [0.717, 1.165) is 6.42 Å². The summed E-state index contributed by atoms with van der Waals surface area (Å²) in [4.78, 5) is 11.3. The molecule has 0 amide bonds. The van der Waals surface area contributed by atoms with Gasteiger partial charge in [-0.2, -0.15) is 0 Å². The molecule has 0 aromatic heterocycles. The molecule has 0 aliphatic heterocycles. The zero-order chi connectivity index (χ0) is 11.3. The van der Waals surface area contributed by atoms with Crippen LogP contribution >= 0.6 is 0 Å². The standard InChI is InChI=1S/C13H18O2/c1-4-13(2,10-12(14)15-3)11-8-6-5-7-9-11/h5-9H,4,10H2,1-3H3. The maximum atomic E-state index is 11.3. The minimum Gasteiger partial charge on any atom is -0.469 e. The summed E-state index contributed by atoms with van der Waals surface area (Å²) in [5, 5.41) is 0. The Balaban J connectivity index is 2.90. The number of ether oxygens (including phenoxy) is 1. The largest absolute Gasteiger partial charge is 0.469 e. The van der Waals surface area contributed by atoms with Gasteiger partial charge in [0.05, 0.1) is 13.5 Å². The molecule has 0 radical (unpaired) electrons. The van der Waals surface area contributed by atoms with Crippen molar-refractivity contribution in [1.82, 2.24) is 0 Å². The topological polar surface area (TPSA) is 26.3 Å². The smallest absolute Gasteiger partial charge is 0.306 e. The predicted octanol–water partition coefficient (Wildman–Crippen LogP) is 2.92. The molecule has 0 N–H and O–H groups in total. The van der Waals surface area contributed by atoms with E-state index in [1.54, 1.807) is 0 Å². The van der Waals surface area contributed by atoms with E-state index in [4.69, 9.17) is 4.74 Å². The van der Waals surface area contributed by atoms with Crippen LogP contribution in [0.15, 0.2) is 30.3 Å². The summed E-state index contributed by atoms with van der Waals surface area (Å²) < 4.78 is 4.73. The molecule has 1 aromatic rings. The SMILES string of the molecule is CCC(C)(CC(=O)OC)c1ccccc1. The Morgan fingerprint density at radius 1 is 1.33 bits per heavy atom. The van der Waals surface area contributed by atoms with Gasteiger partial charge in [0.2, 0.25) is 0 Å². The molecule has 0 aliphatic rings. The molecule has 2 heteroatoms. The van der Waals surface area contributed by atoms with Gasteiger partial charge in [0.25, 0.3) is 0 Å². The van der Waals surface area contributed by atoms with Crippen molar-refractivity contribution < 1.29 is 9.53 Å². The summed E-state index contributed by atoms with van der Waals surface area (Å²) in [6.45, 7) is 4.19. The summed E-state index contributed by atoms with van der Waals surface area (Å²) >= 11 is 0. The molecule has 1 unspecified atom stereocenters. The summed E-state index contributed by atoms with van der Waals surface area (Å²) in [7, 11) is 1.43. The lowest BCUT2D eigenvalue weighted by atomic mass is 9.77. The van der Waals surface area contributed by atoms with E-state index < -0.39 is 0 Å². The van der Waals surface area contributed by atoms with E-state index in [0.29, 0.717) is 6.42 Å². The highest BCUT2D eigenvalue weighted by Gasteiger charge is 2.27. The van der Waals surface area contributed by atoms with Gasteiger partial charge >= 0.3 is 5.97 Å². The lowest BCUT2D eigenvalue weighted by Crippen LogP contribution is -2.25. The number of esters is 1. The van der Waals surface area contributed by atoms with Gasteiger partial charge in [-0.15, -0.1) is 0 Å². The second kappa shape index (κ2) is 4.96. The zero-order valence-corrected chi connectivity index (χ0v) is 9.62. The molecule has 1 aromatic carbocycles. The first kappa shape index (κ1) is 11.8. The number of methoxy groups -OCH3 is 1. The monoisotopic (exact) mass is 206 g/mol. The van der Waals surface area contributed by atoms with Crippen LogP contribution in [0.3, 0.4) is 0 Å². The van der Waals surface area contributed by atoms with Gasteiger partial charge in [-0.25, -0.2) is 0 Å². The second-order valence-corrected chi connectivity index (χ2v) is 4.03. The Labute approximate surface area is 91.3 Å². The maximum absolute atomic E-state index is 11.3. The van der Waals surface area contributed by atoms with E-state index in [2.05, 4.69) is 26.0 Å². The molecule has 0 fully saturated rings. The van der Waals surface area contributed by atoms with Crippen LogP contribution in [0.25, 0.3) is 0 Å². The van der Waals surface area contributed by atoms with Gasteiger partial charge in [-0.05, 0) is 12.0 Å². The molecular formula is C13H18O2. The van der Waals surface area contributed by atoms with Crippen LogP contribution in [0.4, 0.5) is 0 Å². The van der Waals surface area contributed by atoms with Crippen molar-refractivity contribution in [3.63, 3.8) is 0 Å². The Morgan fingerprint density at radius 3 is 2.40 bits per heavy atom. The first-order valence-electron chi connectivity index (χ1n) is 5.24. The third-order valence-corrected chi connectivity index (χ3v) is 3.01. The van der Waals surface area contributed by atoms with E-state index in [9.17, 15) is 4.79 Å². The van der Waals surface area contributed by atoms with Crippen LogP contribution in [-0.4, -0.2) is 13.1 Å². The quantitative estimate of drug-likeness (QED) is 0.708. The molecule has 1 rings (SSSR count). The summed E-state index contributed by atoms with van der Waals surface area (Å²) in [6.07, 6.45) is 1.36.